The third kappa shape index (κ3) is 4.34. The molecule has 2 aromatic carbocycles. The first-order chi connectivity index (χ1) is 13.5. The van der Waals surface area contributed by atoms with Gasteiger partial charge in [-0.05, 0) is 72.0 Å². The molecule has 3 aromatic rings. The Bertz CT molecular complexity index is 1040. The van der Waals surface area contributed by atoms with Crippen molar-refractivity contribution in [2.45, 2.75) is 26.2 Å². The van der Waals surface area contributed by atoms with Crippen molar-refractivity contribution in [1.82, 2.24) is 0 Å². The maximum absolute atomic E-state index is 12.7. The average molecular weight is 410 g/mol. The fourth-order valence-electron chi connectivity index (χ4n) is 3.07. The van der Waals surface area contributed by atoms with E-state index in [4.69, 9.17) is 11.6 Å². The number of hydrogen-bond donors (Lipinski definition) is 1. The van der Waals surface area contributed by atoms with E-state index in [0.29, 0.717) is 33.5 Å². The second kappa shape index (κ2) is 7.90. The highest BCUT2D eigenvalue weighted by molar-refractivity contribution is 7.12. The van der Waals surface area contributed by atoms with Crippen LogP contribution in [0.15, 0.2) is 53.9 Å². The van der Waals surface area contributed by atoms with Gasteiger partial charge in [0, 0.05) is 22.7 Å². The van der Waals surface area contributed by atoms with Gasteiger partial charge in [0.15, 0.2) is 5.78 Å². The topological polar surface area (TPSA) is 46.2 Å². The third-order valence-electron chi connectivity index (χ3n) is 4.98. The van der Waals surface area contributed by atoms with Crippen LogP contribution in [-0.2, 0) is 0 Å². The predicted octanol–water partition coefficient (Wildman–Crippen LogP) is 6.61. The molecule has 1 N–H and O–H groups in total. The van der Waals surface area contributed by atoms with Gasteiger partial charge in [-0.1, -0.05) is 35.9 Å². The lowest BCUT2D eigenvalue weighted by Crippen LogP contribution is -2.12. The number of anilines is 1. The van der Waals surface area contributed by atoms with Crippen LogP contribution in [0.25, 0.3) is 11.1 Å². The van der Waals surface area contributed by atoms with E-state index in [9.17, 15) is 9.59 Å². The summed E-state index contributed by atoms with van der Waals surface area (Å²) in [5, 5.41) is 5.61. The van der Waals surface area contributed by atoms with Crippen LogP contribution >= 0.6 is 22.9 Å². The number of amides is 1. The fraction of sp³-hybridized carbons (Fsp3) is 0.217. The summed E-state index contributed by atoms with van der Waals surface area (Å²) < 4.78 is 0. The van der Waals surface area contributed by atoms with Gasteiger partial charge in [-0.2, -0.15) is 0 Å². The molecule has 0 radical (unpaired) electrons. The van der Waals surface area contributed by atoms with E-state index in [-0.39, 0.29) is 11.7 Å². The van der Waals surface area contributed by atoms with Gasteiger partial charge in [0.1, 0.15) is 0 Å². The highest BCUT2D eigenvalue weighted by Gasteiger charge is 2.25. The van der Waals surface area contributed by atoms with Gasteiger partial charge in [0.2, 0.25) is 0 Å². The number of rotatable bonds is 6. The molecule has 0 unspecified atom stereocenters. The summed E-state index contributed by atoms with van der Waals surface area (Å²) in [4.78, 5) is 25.7. The molecule has 5 heteroatoms. The number of carbonyl (C=O) groups excluding carboxylic acids is 2. The number of aryl methyl sites for hydroxylation is 1. The molecule has 28 heavy (non-hydrogen) atoms. The van der Waals surface area contributed by atoms with Crippen molar-refractivity contribution in [2.24, 2.45) is 5.92 Å². The Morgan fingerprint density at radius 1 is 1.07 bits per heavy atom. The number of halogens is 1. The van der Waals surface area contributed by atoms with E-state index in [0.717, 1.165) is 29.5 Å². The normalized spacial score (nSPS) is 13.4. The zero-order valence-corrected chi connectivity index (χ0v) is 17.1. The van der Waals surface area contributed by atoms with E-state index in [1.807, 2.05) is 54.8 Å². The summed E-state index contributed by atoms with van der Waals surface area (Å²) in [7, 11) is 0. The number of ketones is 1. The van der Waals surface area contributed by atoms with Gasteiger partial charge >= 0.3 is 0 Å². The Morgan fingerprint density at radius 2 is 1.82 bits per heavy atom. The molecule has 1 saturated carbocycles. The van der Waals surface area contributed by atoms with Crippen molar-refractivity contribution in [3.05, 3.63) is 74.9 Å². The lowest BCUT2D eigenvalue weighted by Gasteiger charge is -2.09. The van der Waals surface area contributed by atoms with E-state index in [1.165, 1.54) is 11.3 Å². The second-order valence-corrected chi connectivity index (χ2v) is 8.61. The molecular formula is C23H20ClNO2S. The van der Waals surface area contributed by atoms with Crippen molar-refractivity contribution in [2.75, 3.05) is 5.32 Å². The van der Waals surface area contributed by atoms with Crippen molar-refractivity contribution in [3.8, 4) is 11.1 Å². The summed E-state index contributed by atoms with van der Waals surface area (Å²) in [5.41, 5.74) is 4.29. The van der Waals surface area contributed by atoms with Crippen molar-refractivity contribution >= 4 is 40.3 Å². The summed E-state index contributed by atoms with van der Waals surface area (Å²) in [6.45, 7) is 1.93. The van der Waals surface area contributed by atoms with Crippen LogP contribution in [0.5, 0.6) is 0 Å². The summed E-state index contributed by atoms with van der Waals surface area (Å²) >= 11 is 7.34. The smallest absolute Gasteiger partial charge is 0.265 e. The summed E-state index contributed by atoms with van der Waals surface area (Å²) in [6, 6.07) is 15.0. The number of nitrogens with one attached hydrogen (secondary N) is 1. The SMILES string of the molecule is Cc1ccc(C(=O)CC2CC2)cc1NC(=O)c1cc(-c2ccc(Cl)cc2)cs1. The Morgan fingerprint density at radius 3 is 2.54 bits per heavy atom. The van der Waals surface area contributed by atoms with Crippen LogP contribution in [0.2, 0.25) is 5.02 Å². The first kappa shape index (κ1) is 18.9. The molecule has 4 rings (SSSR count). The highest BCUT2D eigenvalue weighted by atomic mass is 35.5. The van der Waals surface area contributed by atoms with E-state index in [2.05, 4.69) is 5.32 Å². The minimum absolute atomic E-state index is 0.152. The molecule has 1 aliphatic rings. The third-order valence-corrected chi connectivity index (χ3v) is 6.16. The van der Waals surface area contributed by atoms with Gasteiger partial charge in [-0.25, -0.2) is 0 Å². The zero-order chi connectivity index (χ0) is 19.7. The lowest BCUT2D eigenvalue weighted by atomic mass is 10.0. The van der Waals surface area contributed by atoms with Gasteiger partial charge < -0.3 is 5.32 Å². The molecule has 1 aliphatic carbocycles. The molecule has 1 aromatic heterocycles. The quantitative estimate of drug-likeness (QED) is 0.465. The number of benzene rings is 2. The highest BCUT2D eigenvalue weighted by Crippen LogP contribution is 2.34. The molecule has 3 nitrogen and oxygen atoms in total. The van der Waals surface area contributed by atoms with Crippen LogP contribution in [0.3, 0.4) is 0 Å². The van der Waals surface area contributed by atoms with E-state index < -0.39 is 0 Å². The van der Waals surface area contributed by atoms with Crippen molar-refractivity contribution in [3.63, 3.8) is 0 Å². The average Bonchev–Trinajstić information content (AvgIpc) is 3.35. The molecule has 142 valence electrons. The number of carbonyl (C=O) groups is 2. The lowest BCUT2D eigenvalue weighted by molar-refractivity contribution is 0.0974. The van der Waals surface area contributed by atoms with Gasteiger partial charge in [-0.15, -0.1) is 11.3 Å². The first-order valence-electron chi connectivity index (χ1n) is 9.29. The largest absolute Gasteiger partial charge is 0.321 e. The first-order valence-corrected chi connectivity index (χ1v) is 10.5. The Labute approximate surface area is 173 Å². The fourth-order valence-corrected chi connectivity index (χ4v) is 4.00. The van der Waals surface area contributed by atoms with E-state index >= 15 is 0 Å². The summed E-state index contributed by atoms with van der Waals surface area (Å²) in [5.74, 6) is 0.531. The van der Waals surface area contributed by atoms with Gasteiger partial charge in [-0.3, -0.25) is 9.59 Å². The molecular weight excluding hydrogens is 390 g/mol. The van der Waals surface area contributed by atoms with Crippen LogP contribution in [0.4, 0.5) is 5.69 Å². The minimum atomic E-state index is -0.167. The minimum Gasteiger partial charge on any atom is -0.321 e. The Hall–Kier alpha value is -2.43. The molecule has 1 amide bonds. The Balaban J connectivity index is 1.50. The second-order valence-electron chi connectivity index (χ2n) is 7.26. The Kier molecular flexibility index (Phi) is 5.33. The standard InChI is InChI=1S/C23H20ClNO2S/c1-14-2-5-17(21(26)10-15-3-4-15)11-20(14)25-23(27)22-12-18(13-28-22)16-6-8-19(24)9-7-16/h2,5-9,11-13,15H,3-4,10H2,1H3,(H,25,27). The van der Waals surface area contributed by atoms with Crippen LogP contribution < -0.4 is 5.32 Å². The molecule has 0 saturated heterocycles. The predicted molar refractivity (Wildman–Crippen MR) is 116 cm³/mol. The maximum atomic E-state index is 12.7. The van der Waals surface area contributed by atoms with E-state index in [1.54, 1.807) is 6.07 Å². The summed E-state index contributed by atoms with van der Waals surface area (Å²) in [6.07, 6.45) is 2.90. The van der Waals surface area contributed by atoms with Gasteiger partial charge in [0.25, 0.3) is 5.91 Å². The monoisotopic (exact) mass is 409 g/mol. The van der Waals surface area contributed by atoms with Crippen LogP contribution in [0.1, 0.15) is 44.9 Å². The zero-order valence-electron chi connectivity index (χ0n) is 15.5. The molecule has 0 bridgehead atoms. The number of thiophene rings is 1. The molecule has 1 heterocycles. The molecule has 0 atom stereocenters. The number of hydrogen-bond acceptors (Lipinski definition) is 3. The van der Waals surface area contributed by atoms with Crippen LogP contribution in [0, 0.1) is 12.8 Å². The van der Waals surface area contributed by atoms with Crippen molar-refractivity contribution in [1.29, 1.82) is 0 Å². The molecule has 0 aliphatic heterocycles. The van der Waals surface area contributed by atoms with Gasteiger partial charge in [0.05, 0.1) is 4.88 Å². The number of Topliss-reactive ketones (excluding diaryl/α,β-unsaturated/α-hetero) is 1. The molecule has 1 fully saturated rings. The maximum Gasteiger partial charge on any atom is 0.265 e. The van der Waals surface area contributed by atoms with Crippen molar-refractivity contribution < 1.29 is 9.59 Å². The van der Waals surface area contributed by atoms with Crippen LogP contribution in [-0.4, -0.2) is 11.7 Å². The molecule has 0 spiro atoms.